The Morgan fingerprint density at radius 3 is 1.86 bits per heavy atom. The quantitative estimate of drug-likeness (QED) is 0.695. The molecule has 2 rings (SSSR count). The second kappa shape index (κ2) is 6.13. The number of carbonyl (C=O) groups excluding carboxylic acids is 2. The first-order chi connectivity index (χ1) is 10.0. The summed E-state index contributed by atoms with van der Waals surface area (Å²) < 4.78 is 0. The zero-order chi connectivity index (χ0) is 15.6. The third kappa shape index (κ3) is 2.16. The third-order valence-corrected chi connectivity index (χ3v) is 5.33. The Hall–Kier alpha value is -1.44. The molecule has 0 amide bonds. The van der Waals surface area contributed by atoms with Gasteiger partial charge in [0.1, 0.15) is 5.41 Å². The molecule has 0 aliphatic heterocycles. The highest BCUT2D eigenvalue weighted by Crippen LogP contribution is 2.51. The molecule has 21 heavy (non-hydrogen) atoms. The van der Waals surface area contributed by atoms with Crippen molar-refractivity contribution in [3.05, 3.63) is 35.4 Å². The van der Waals surface area contributed by atoms with E-state index in [0.717, 1.165) is 25.7 Å². The van der Waals surface area contributed by atoms with Gasteiger partial charge in [0.25, 0.3) is 0 Å². The topological polar surface area (TPSA) is 34.1 Å². The van der Waals surface area contributed by atoms with Crippen LogP contribution in [0.1, 0.15) is 74.1 Å². The van der Waals surface area contributed by atoms with Crippen LogP contribution in [-0.2, 0) is 0 Å². The summed E-state index contributed by atoms with van der Waals surface area (Å²) in [6, 6.07) is 7.35. The molecule has 0 fully saturated rings. The predicted octanol–water partition coefficient (Wildman–Crippen LogP) is 4.92. The average molecular weight is 286 g/mol. The summed E-state index contributed by atoms with van der Waals surface area (Å²) in [6.45, 7) is 8.38. The van der Waals surface area contributed by atoms with Gasteiger partial charge in [-0.1, -0.05) is 71.2 Å². The van der Waals surface area contributed by atoms with Gasteiger partial charge in [-0.2, -0.15) is 0 Å². The molecule has 1 aromatic carbocycles. The van der Waals surface area contributed by atoms with Crippen LogP contribution in [0, 0.1) is 17.3 Å². The van der Waals surface area contributed by atoms with E-state index in [1.165, 1.54) is 0 Å². The first-order valence-electron chi connectivity index (χ1n) is 8.24. The lowest BCUT2D eigenvalue weighted by Crippen LogP contribution is -2.46. The lowest BCUT2D eigenvalue weighted by molar-refractivity contribution is 0.0409. The van der Waals surface area contributed by atoms with Gasteiger partial charge >= 0.3 is 0 Å². The van der Waals surface area contributed by atoms with E-state index in [0.29, 0.717) is 11.1 Å². The van der Waals surface area contributed by atoms with Gasteiger partial charge in [-0.3, -0.25) is 9.59 Å². The Balaban J connectivity index is 2.63. The standard InChI is InChI=1S/C19H26O2/c1-5-10-14(7-3)19(13(4)6-2)17(20)15-11-8-9-12-16(15)18(19)21/h8-9,11-14H,5-7,10H2,1-4H3. The number of rotatable bonds is 6. The molecule has 0 heterocycles. The average Bonchev–Trinajstić information content (AvgIpc) is 2.74. The van der Waals surface area contributed by atoms with Gasteiger partial charge in [-0.25, -0.2) is 0 Å². The van der Waals surface area contributed by atoms with Crippen molar-refractivity contribution in [3.63, 3.8) is 0 Å². The first kappa shape index (κ1) is 15.9. The minimum absolute atomic E-state index is 0.0674. The highest BCUT2D eigenvalue weighted by Gasteiger charge is 2.58. The second-order valence-corrected chi connectivity index (χ2v) is 6.28. The van der Waals surface area contributed by atoms with Crippen LogP contribution in [0.2, 0.25) is 0 Å². The molecule has 0 saturated carbocycles. The summed E-state index contributed by atoms with van der Waals surface area (Å²) in [5.41, 5.74) is 0.443. The molecular formula is C19H26O2. The Kier molecular flexibility index (Phi) is 4.65. The molecule has 0 N–H and O–H groups in total. The molecule has 2 atom stereocenters. The van der Waals surface area contributed by atoms with Crippen molar-refractivity contribution in [1.29, 1.82) is 0 Å². The van der Waals surface area contributed by atoms with E-state index in [1.807, 2.05) is 24.3 Å². The lowest BCUT2D eigenvalue weighted by atomic mass is 9.61. The van der Waals surface area contributed by atoms with Crippen molar-refractivity contribution in [2.24, 2.45) is 17.3 Å². The molecule has 1 aromatic rings. The number of carbonyl (C=O) groups is 2. The van der Waals surface area contributed by atoms with Crippen molar-refractivity contribution in [3.8, 4) is 0 Å². The number of benzene rings is 1. The van der Waals surface area contributed by atoms with Crippen LogP contribution in [0.25, 0.3) is 0 Å². The lowest BCUT2D eigenvalue weighted by Gasteiger charge is -2.39. The monoisotopic (exact) mass is 286 g/mol. The van der Waals surface area contributed by atoms with Crippen molar-refractivity contribution in [2.45, 2.75) is 53.4 Å². The Bertz CT molecular complexity index is 509. The van der Waals surface area contributed by atoms with E-state index < -0.39 is 5.41 Å². The van der Waals surface area contributed by atoms with E-state index in [1.54, 1.807) is 0 Å². The zero-order valence-electron chi connectivity index (χ0n) is 13.6. The predicted molar refractivity (Wildman–Crippen MR) is 85.7 cm³/mol. The van der Waals surface area contributed by atoms with Gasteiger partial charge in [-0.15, -0.1) is 0 Å². The van der Waals surface area contributed by atoms with E-state index in [4.69, 9.17) is 0 Å². The largest absolute Gasteiger partial charge is 0.293 e. The number of Topliss-reactive ketones (excluding diaryl/α,β-unsaturated/α-hetero) is 2. The normalized spacial score (nSPS) is 19.4. The van der Waals surface area contributed by atoms with Gasteiger partial charge in [-0.05, 0) is 18.3 Å². The van der Waals surface area contributed by atoms with Crippen molar-refractivity contribution in [2.75, 3.05) is 0 Å². The number of hydrogen-bond acceptors (Lipinski definition) is 2. The zero-order valence-corrected chi connectivity index (χ0v) is 13.6. The molecule has 0 spiro atoms. The van der Waals surface area contributed by atoms with Gasteiger partial charge in [0.2, 0.25) is 0 Å². The molecule has 0 bridgehead atoms. The maximum atomic E-state index is 13.2. The van der Waals surface area contributed by atoms with E-state index in [2.05, 4.69) is 27.7 Å². The molecule has 0 aromatic heterocycles. The molecule has 114 valence electrons. The van der Waals surface area contributed by atoms with E-state index in [-0.39, 0.29) is 23.4 Å². The highest BCUT2D eigenvalue weighted by atomic mass is 16.2. The van der Waals surface area contributed by atoms with Gasteiger partial charge in [0.05, 0.1) is 0 Å². The maximum absolute atomic E-state index is 13.2. The fourth-order valence-corrected chi connectivity index (χ4v) is 4.07. The van der Waals surface area contributed by atoms with Crippen LogP contribution >= 0.6 is 0 Å². The fourth-order valence-electron chi connectivity index (χ4n) is 4.07. The SMILES string of the molecule is CCCC(CC)C1(C(C)CC)C(=O)c2ccccc2C1=O. The Labute approximate surface area is 127 Å². The van der Waals surface area contributed by atoms with Crippen molar-refractivity contribution >= 4 is 11.6 Å². The maximum Gasteiger partial charge on any atom is 0.178 e. The van der Waals surface area contributed by atoms with Gasteiger partial charge in [0.15, 0.2) is 11.6 Å². The molecule has 2 heteroatoms. The van der Waals surface area contributed by atoms with Crippen LogP contribution < -0.4 is 0 Å². The van der Waals surface area contributed by atoms with Crippen LogP contribution in [0.5, 0.6) is 0 Å². The van der Waals surface area contributed by atoms with Gasteiger partial charge < -0.3 is 0 Å². The van der Waals surface area contributed by atoms with Crippen LogP contribution in [0.3, 0.4) is 0 Å². The van der Waals surface area contributed by atoms with E-state index >= 15 is 0 Å². The summed E-state index contributed by atoms with van der Waals surface area (Å²) >= 11 is 0. The molecule has 2 unspecified atom stereocenters. The molecule has 2 nitrogen and oxygen atoms in total. The van der Waals surface area contributed by atoms with Gasteiger partial charge in [0, 0.05) is 11.1 Å². The number of ketones is 2. The molecule has 1 aliphatic rings. The minimum atomic E-state index is -0.830. The third-order valence-electron chi connectivity index (χ3n) is 5.33. The Morgan fingerprint density at radius 2 is 1.48 bits per heavy atom. The summed E-state index contributed by atoms with van der Waals surface area (Å²) in [7, 11) is 0. The summed E-state index contributed by atoms with van der Waals surface area (Å²) in [5, 5.41) is 0. The van der Waals surface area contributed by atoms with Crippen molar-refractivity contribution < 1.29 is 9.59 Å². The highest BCUT2D eigenvalue weighted by molar-refractivity contribution is 6.29. The smallest absolute Gasteiger partial charge is 0.178 e. The minimum Gasteiger partial charge on any atom is -0.293 e. The van der Waals surface area contributed by atoms with Crippen LogP contribution in [-0.4, -0.2) is 11.6 Å². The first-order valence-corrected chi connectivity index (χ1v) is 8.24. The van der Waals surface area contributed by atoms with Crippen LogP contribution in [0.4, 0.5) is 0 Å². The van der Waals surface area contributed by atoms with Crippen LogP contribution in [0.15, 0.2) is 24.3 Å². The molecule has 0 radical (unpaired) electrons. The fraction of sp³-hybridized carbons (Fsp3) is 0.579. The summed E-state index contributed by atoms with van der Waals surface area (Å²) in [6.07, 6.45) is 3.68. The summed E-state index contributed by atoms with van der Waals surface area (Å²) in [4.78, 5) is 26.4. The van der Waals surface area contributed by atoms with E-state index in [9.17, 15) is 9.59 Å². The number of fused-ring (bicyclic) bond motifs is 1. The molecule has 0 saturated heterocycles. The van der Waals surface area contributed by atoms with Crippen molar-refractivity contribution in [1.82, 2.24) is 0 Å². The molecular weight excluding hydrogens is 260 g/mol. The number of hydrogen-bond donors (Lipinski definition) is 0. The second-order valence-electron chi connectivity index (χ2n) is 6.28. The Morgan fingerprint density at radius 1 is 0.952 bits per heavy atom. The summed E-state index contributed by atoms with van der Waals surface area (Å²) in [5.74, 6) is 0.363. The molecule has 1 aliphatic carbocycles.